The topological polar surface area (TPSA) is 46.2 Å². The van der Waals surface area contributed by atoms with Crippen molar-refractivity contribution in [1.29, 1.82) is 0 Å². The average Bonchev–Trinajstić information content (AvgIpc) is 3.03. The standard InChI is InChI=1S/C16H19N3OS.C2H6/c1-10(2)18-16-19-15(9-21-16)14-7-12-6-13(20-3)5-4-11(12)8-17-14;1-2/h4-10,16,18-19H,1-3H3;1-2H3. The van der Waals surface area contributed by atoms with Crippen molar-refractivity contribution in [1.82, 2.24) is 15.6 Å². The molecule has 2 heterocycles. The monoisotopic (exact) mass is 331 g/mol. The van der Waals surface area contributed by atoms with Crippen LogP contribution in [0.2, 0.25) is 0 Å². The van der Waals surface area contributed by atoms with Crippen LogP contribution in [0.5, 0.6) is 5.75 Å². The molecule has 0 amide bonds. The Labute approximate surface area is 142 Å². The maximum atomic E-state index is 5.28. The van der Waals surface area contributed by atoms with Crippen LogP contribution in [-0.2, 0) is 0 Å². The van der Waals surface area contributed by atoms with E-state index in [9.17, 15) is 0 Å². The quantitative estimate of drug-likeness (QED) is 0.880. The minimum Gasteiger partial charge on any atom is -0.497 e. The van der Waals surface area contributed by atoms with Crippen LogP contribution in [0.25, 0.3) is 16.5 Å². The second kappa shape index (κ2) is 8.22. The van der Waals surface area contributed by atoms with E-state index >= 15 is 0 Å². The van der Waals surface area contributed by atoms with Crippen LogP contribution in [0.15, 0.2) is 35.9 Å². The highest BCUT2D eigenvalue weighted by molar-refractivity contribution is 8.03. The molecule has 5 heteroatoms. The molecule has 1 aliphatic heterocycles. The van der Waals surface area contributed by atoms with E-state index in [0.717, 1.165) is 27.9 Å². The van der Waals surface area contributed by atoms with Crippen LogP contribution in [-0.4, -0.2) is 23.6 Å². The number of nitrogens with one attached hydrogen (secondary N) is 2. The van der Waals surface area contributed by atoms with Crippen molar-refractivity contribution in [2.75, 3.05) is 7.11 Å². The van der Waals surface area contributed by atoms with Gasteiger partial charge in [-0.25, -0.2) is 0 Å². The molecule has 0 saturated carbocycles. The van der Waals surface area contributed by atoms with E-state index in [1.54, 1.807) is 18.9 Å². The molecule has 0 radical (unpaired) electrons. The van der Waals surface area contributed by atoms with Gasteiger partial charge in [-0.05, 0) is 48.9 Å². The van der Waals surface area contributed by atoms with Crippen molar-refractivity contribution >= 4 is 28.2 Å². The lowest BCUT2D eigenvalue weighted by Crippen LogP contribution is -2.39. The van der Waals surface area contributed by atoms with Crippen molar-refractivity contribution in [3.63, 3.8) is 0 Å². The van der Waals surface area contributed by atoms with Crippen molar-refractivity contribution in [2.24, 2.45) is 0 Å². The second-order valence-electron chi connectivity index (χ2n) is 5.30. The Balaban J connectivity index is 0.000000924. The van der Waals surface area contributed by atoms with Crippen LogP contribution < -0.4 is 15.4 Å². The molecule has 1 aromatic carbocycles. The van der Waals surface area contributed by atoms with E-state index in [1.807, 2.05) is 38.2 Å². The zero-order valence-corrected chi connectivity index (χ0v) is 15.2. The zero-order chi connectivity index (χ0) is 16.8. The lowest BCUT2D eigenvalue weighted by molar-refractivity contribution is 0.415. The highest BCUT2D eigenvalue weighted by Gasteiger charge is 2.18. The summed E-state index contributed by atoms with van der Waals surface area (Å²) in [6.45, 7) is 8.28. The minimum absolute atomic E-state index is 0.211. The summed E-state index contributed by atoms with van der Waals surface area (Å²) in [5.74, 6) is 0.863. The van der Waals surface area contributed by atoms with Gasteiger partial charge in [0.1, 0.15) is 11.2 Å². The van der Waals surface area contributed by atoms with Gasteiger partial charge in [-0.2, -0.15) is 0 Å². The fourth-order valence-corrected chi connectivity index (χ4v) is 3.26. The highest BCUT2D eigenvalue weighted by Crippen LogP contribution is 2.28. The van der Waals surface area contributed by atoms with E-state index in [0.29, 0.717) is 6.04 Å². The van der Waals surface area contributed by atoms with Gasteiger partial charge in [-0.1, -0.05) is 25.6 Å². The van der Waals surface area contributed by atoms with Crippen molar-refractivity contribution < 1.29 is 4.74 Å². The summed E-state index contributed by atoms with van der Waals surface area (Å²) in [6.07, 6.45) is 1.90. The van der Waals surface area contributed by atoms with Gasteiger partial charge in [0.2, 0.25) is 0 Å². The predicted molar refractivity (Wildman–Crippen MR) is 100 cm³/mol. The molecule has 3 rings (SSSR count). The predicted octanol–water partition coefficient (Wildman–Crippen LogP) is 4.19. The molecule has 23 heavy (non-hydrogen) atoms. The van der Waals surface area contributed by atoms with Crippen LogP contribution in [0.1, 0.15) is 33.4 Å². The van der Waals surface area contributed by atoms with Crippen molar-refractivity contribution in [3.05, 3.63) is 41.6 Å². The number of aromatic nitrogens is 1. The maximum absolute atomic E-state index is 5.28. The first kappa shape index (κ1) is 17.6. The Morgan fingerprint density at radius 2 is 2.00 bits per heavy atom. The molecule has 1 aromatic heterocycles. The number of hydrogen-bond acceptors (Lipinski definition) is 5. The largest absolute Gasteiger partial charge is 0.497 e. The molecule has 2 aromatic rings. The van der Waals surface area contributed by atoms with E-state index in [4.69, 9.17) is 4.74 Å². The first-order valence-corrected chi connectivity index (χ1v) is 8.92. The summed E-state index contributed by atoms with van der Waals surface area (Å²) in [5, 5.41) is 11.3. The Hall–Kier alpha value is -1.72. The molecule has 1 unspecified atom stereocenters. The van der Waals surface area contributed by atoms with Gasteiger partial charge in [-0.15, -0.1) is 0 Å². The van der Waals surface area contributed by atoms with E-state index in [1.165, 1.54) is 0 Å². The zero-order valence-electron chi connectivity index (χ0n) is 14.4. The van der Waals surface area contributed by atoms with E-state index in [-0.39, 0.29) is 5.50 Å². The summed E-state index contributed by atoms with van der Waals surface area (Å²) in [5.41, 5.74) is 2.22. The Bertz CT molecular complexity index is 685. The lowest BCUT2D eigenvalue weighted by atomic mass is 10.1. The number of rotatable bonds is 4. The van der Waals surface area contributed by atoms with Gasteiger partial charge in [0.15, 0.2) is 0 Å². The third-order valence-corrected chi connectivity index (χ3v) is 4.20. The Morgan fingerprint density at radius 1 is 1.22 bits per heavy atom. The number of hydrogen-bond donors (Lipinski definition) is 2. The number of ether oxygens (including phenoxy) is 1. The number of benzene rings is 1. The summed E-state index contributed by atoms with van der Waals surface area (Å²) < 4.78 is 5.28. The third kappa shape index (κ3) is 4.39. The van der Waals surface area contributed by atoms with Gasteiger partial charge in [0, 0.05) is 17.6 Å². The van der Waals surface area contributed by atoms with E-state index < -0.39 is 0 Å². The van der Waals surface area contributed by atoms with Crippen LogP contribution in [0.3, 0.4) is 0 Å². The molecule has 124 valence electrons. The van der Waals surface area contributed by atoms with Gasteiger partial charge in [0.05, 0.1) is 18.5 Å². The smallest absolute Gasteiger partial charge is 0.130 e. The molecule has 2 N–H and O–H groups in total. The summed E-state index contributed by atoms with van der Waals surface area (Å²) >= 11 is 1.74. The molecule has 0 saturated heterocycles. The van der Waals surface area contributed by atoms with Gasteiger partial charge in [0.25, 0.3) is 0 Å². The van der Waals surface area contributed by atoms with Gasteiger partial charge in [-0.3, -0.25) is 10.3 Å². The summed E-state index contributed by atoms with van der Waals surface area (Å²) in [4.78, 5) is 4.55. The molecular formula is C18H25N3OS. The minimum atomic E-state index is 0.211. The first-order valence-electron chi connectivity index (χ1n) is 7.98. The summed E-state index contributed by atoms with van der Waals surface area (Å²) in [6, 6.07) is 8.55. The van der Waals surface area contributed by atoms with Crippen LogP contribution in [0.4, 0.5) is 0 Å². The molecule has 4 nitrogen and oxygen atoms in total. The number of nitrogens with zero attached hydrogens (tertiary/aromatic N) is 1. The molecule has 1 aliphatic rings. The molecule has 0 spiro atoms. The molecular weight excluding hydrogens is 306 g/mol. The Kier molecular flexibility index (Phi) is 6.30. The summed E-state index contributed by atoms with van der Waals surface area (Å²) in [7, 11) is 1.68. The van der Waals surface area contributed by atoms with Gasteiger partial charge < -0.3 is 10.1 Å². The van der Waals surface area contributed by atoms with E-state index in [2.05, 4.69) is 40.9 Å². The molecule has 0 fully saturated rings. The lowest BCUT2D eigenvalue weighted by Gasteiger charge is -2.17. The molecule has 1 atom stereocenters. The number of pyridine rings is 1. The SMILES string of the molecule is CC.COc1ccc2cnc(C3=CSC(NC(C)C)N3)cc2c1. The van der Waals surface area contributed by atoms with Crippen molar-refractivity contribution in [3.8, 4) is 5.75 Å². The third-order valence-electron chi connectivity index (χ3n) is 3.30. The number of fused-ring (bicyclic) bond motifs is 1. The maximum Gasteiger partial charge on any atom is 0.130 e. The molecule has 0 aliphatic carbocycles. The number of thioether (sulfide) groups is 1. The average molecular weight is 331 g/mol. The Morgan fingerprint density at radius 3 is 2.70 bits per heavy atom. The second-order valence-corrected chi connectivity index (χ2v) is 6.28. The fourth-order valence-electron chi connectivity index (χ4n) is 2.26. The van der Waals surface area contributed by atoms with Crippen molar-refractivity contribution in [2.45, 2.75) is 39.2 Å². The normalized spacial score (nSPS) is 16.6. The van der Waals surface area contributed by atoms with Crippen LogP contribution in [0, 0.1) is 0 Å². The van der Waals surface area contributed by atoms with Crippen LogP contribution >= 0.6 is 11.8 Å². The number of methoxy groups -OCH3 is 1. The highest BCUT2D eigenvalue weighted by atomic mass is 32.2. The fraction of sp³-hybridized carbons (Fsp3) is 0.389. The van der Waals surface area contributed by atoms with Gasteiger partial charge >= 0.3 is 0 Å². The molecule has 0 bridgehead atoms. The first-order chi connectivity index (χ1) is 11.2.